The first kappa shape index (κ1) is 14.8. The van der Waals surface area contributed by atoms with E-state index in [4.69, 9.17) is 4.18 Å². The molecule has 3 rings (SSSR count). The second kappa shape index (κ2) is 6.30. The molecule has 0 aromatic heterocycles. The molecular weight excluding hydrogens is 296 g/mol. The average Bonchev–Trinajstić information content (AvgIpc) is 2.55. The lowest BCUT2D eigenvalue weighted by Gasteiger charge is -2.08. The van der Waals surface area contributed by atoms with Crippen LogP contribution < -0.4 is 0 Å². The van der Waals surface area contributed by atoms with Crippen molar-refractivity contribution in [2.24, 2.45) is 0 Å². The van der Waals surface area contributed by atoms with E-state index >= 15 is 0 Å². The first-order valence-corrected chi connectivity index (χ1v) is 8.49. The van der Waals surface area contributed by atoms with E-state index in [0.717, 1.165) is 10.9 Å². The normalized spacial score (nSPS) is 11.6. The quantitative estimate of drug-likeness (QED) is 0.673. The number of benzene rings is 3. The van der Waals surface area contributed by atoms with E-state index in [-0.39, 0.29) is 11.5 Å². The van der Waals surface area contributed by atoms with Crippen molar-refractivity contribution in [1.82, 2.24) is 0 Å². The van der Waals surface area contributed by atoms with Crippen molar-refractivity contribution in [3.63, 3.8) is 0 Å². The number of rotatable bonds is 5. The SMILES string of the molecule is O=S(=O)(OCCc1ccccc1)c1cccc2ccccc12. The minimum Gasteiger partial charge on any atom is -0.266 e. The molecule has 0 radical (unpaired) electrons. The Kier molecular flexibility index (Phi) is 4.22. The van der Waals surface area contributed by atoms with E-state index in [1.165, 1.54) is 0 Å². The fourth-order valence-electron chi connectivity index (χ4n) is 2.39. The minimum absolute atomic E-state index is 0.134. The zero-order valence-electron chi connectivity index (χ0n) is 12.0. The van der Waals surface area contributed by atoms with Crippen molar-refractivity contribution in [2.45, 2.75) is 11.3 Å². The van der Waals surface area contributed by atoms with Crippen LogP contribution in [0.5, 0.6) is 0 Å². The lowest BCUT2D eigenvalue weighted by atomic mass is 10.1. The Morgan fingerprint density at radius 3 is 2.27 bits per heavy atom. The zero-order chi connectivity index (χ0) is 15.4. The second-order valence-electron chi connectivity index (χ2n) is 4.99. The molecule has 0 aliphatic heterocycles. The summed E-state index contributed by atoms with van der Waals surface area (Å²) in [5, 5.41) is 1.57. The van der Waals surface area contributed by atoms with Crippen LogP contribution in [0.3, 0.4) is 0 Å². The molecule has 0 N–H and O–H groups in total. The Hall–Kier alpha value is -2.17. The fourth-order valence-corrected chi connectivity index (χ4v) is 3.52. The molecule has 3 aromatic carbocycles. The smallest absolute Gasteiger partial charge is 0.266 e. The van der Waals surface area contributed by atoms with Gasteiger partial charge in [0.25, 0.3) is 10.1 Å². The van der Waals surface area contributed by atoms with Gasteiger partial charge >= 0.3 is 0 Å². The first-order chi connectivity index (χ1) is 10.7. The fraction of sp³-hybridized carbons (Fsp3) is 0.111. The minimum atomic E-state index is -3.76. The van der Waals surface area contributed by atoms with Crippen molar-refractivity contribution in [3.05, 3.63) is 78.4 Å². The lowest BCUT2D eigenvalue weighted by molar-refractivity contribution is 0.322. The van der Waals surface area contributed by atoms with Gasteiger partial charge in [0.05, 0.1) is 6.61 Å². The third-order valence-electron chi connectivity index (χ3n) is 3.49. The van der Waals surface area contributed by atoms with Crippen LogP contribution in [0.15, 0.2) is 77.7 Å². The maximum absolute atomic E-state index is 12.4. The average molecular weight is 312 g/mol. The molecule has 4 heteroatoms. The first-order valence-electron chi connectivity index (χ1n) is 7.08. The van der Waals surface area contributed by atoms with Gasteiger partial charge in [-0.2, -0.15) is 8.42 Å². The van der Waals surface area contributed by atoms with Crippen molar-refractivity contribution < 1.29 is 12.6 Å². The summed E-state index contributed by atoms with van der Waals surface area (Å²) in [6, 6.07) is 22.3. The Morgan fingerprint density at radius 1 is 0.773 bits per heavy atom. The van der Waals surface area contributed by atoms with Gasteiger partial charge < -0.3 is 0 Å². The summed E-state index contributed by atoms with van der Waals surface area (Å²) >= 11 is 0. The summed E-state index contributed by atoms with van der Waals surface area (Å²) in [5.41, 5.74) is 1.05. The number of fused-ring (bicyclic) bond motifs is 1. The van der Waals surface area contributed by atoms with Crippen molar-refractivity contribution in [1.29, 1.82) is 0 Å². The lowest BCUT2D eigenvalue weighted by Crippen LogP contribution is -2.09. The Morgan fingerprint density at radius 2 is 1.45 bits per heavy atom. The molecule has 0 amide bonds. The highest BCUT2D eigenvalue weighted by Gasteiger charge is 2.17. The maximum atomic E-state index is 12.4. The second-order valence-corrected chi connectivity index (χ2v) is 6.57. The highest BCUT2D eigenvalue weighted by atomic mass is 32.2. The van der Waals surface area contributed by atoms with E-state index in [2.05, 4.69) is 0 Å². The van der Waals surface area contributed by atoms with Gasteiger partial charge in [0, 0.05) is 5.39 Å². The van der Waals surface area contributed by atoms with Crippen LogP contribution in [-0.4, -0.2) is 15.0 Å². The van der Waals surface area contributed by atoms with Crippen LogP contribution in [0, 0.1) is 0 Å². The molecule has 0 atom stereocenters. The van der Waals surface area contributed by atoms with E-state index < -0.39 is 10.1 Å². The summed E-state index contributed by atoms with van der Waals surface area (Å²) in [6.45, 7) is 0.134. The van der Waals surface area contributed by atoms with Gasteiger partial charge in [-0.05, 0) is 23.4 Å². The molecular formula is C18H16O3S. The van der Waals surface area contributed by atoms with Crippen LogP contribution in [0.25, 0.3) is 10.8 Å². The van der Waals surface area contributed by atoms with Gasteiger partial charge in [-0.1, -0.05) is 66.7 Å². The number of hydrogen-bond donors (Lipinski definition) is 0. The van der Waals surface area contributed by atoms with Gasteiger partial charge in [0.1, 0.15) is 4.90 Å². The molecule has 0 fully saturated rings. The van der Waals surface area contributed by atoms with Crippen molar-refractivity contribution >= 4 is 20.9 Å². The molecule has 0 saturated heterocycles. The molecule has 112 valence electrons. The van der Waals surface area contributed by atoms with Gasteiger partial charge in [0.15, 0.2) is 0 Å². The molecule has 0 saturated carbocycles. The van der Waals surface area contributed by atoms with Crippen LogP contribution in [0.2, 0.25) is 0 Å². The predicted octanol–water partition coefficient (Wildman–Crippen LogP) is 3.79. The van der Waals surface area contributed by atoms with Crippen LogP contribution in [0.1, 0.15) is 5.56 Å². The molecule has 0 aliphatic carbocycles. The Labute approximate surface area is 130 Å². The monoisotopic (exact) mass is 312 g/mol. The van der Waals surface area contributed by atoms with E-state index in [1.54, 1.807) is 18.2 Å². The summed E-state index contributed by atoms with van der Waals surface area (Å²) in [5.74, 6) is 0. The van der Waals surface area contributed by atoms with Gasteiger partial charge in [-0.3, -0.25) is 4.18 Å². The Bertz CT molecular complexity index is 866. The summed E-state index contributed by atoms with van der Waals surface area (Å²) in [6.07, 6.45) is 0.560. The molecule has 0 spiro atoms. The highest BCUT2D eigenvalue weighted by molar-refractivity contribution is 7.87. The summed E-state index contributed by atoms with van der Waals surface area (Å²) in [7, 11) is -3.76. The third-order valence-corrected chi connectivity index (χ3v) is 4.86. The zero-order valence-corrected chi connectivity index (χ0v) is 12.8. The topological polar surface area (TPSA) is 43.4 Å². The van der Waals surface area contributed by atoms with Crippen LogP contribution in [-0.2, 0) is 20.7 Å². The molecule has 22 heavy (non-hydrogen) atoms. The maximum Gasteiger partial charge on any atom is 0.297 e. The van der Waals surface area contributed by atoms with E-state index in [0.29, 0.717) is 11.8 Å². The van der Waals surface area contributed by atoms with Crippen molar-refractivity contribution in [2.75, 3.05) is 6.61 Å². The van der Waals surface area contributed by atoms with Crippen molar-refractivity contribution in [3.8, 4) is 0 Å². The van der Waals surface area contributed by atoms with Crippen LogP contribution >= 0.6 is 0 Å². The number of hydrogen-bond acceptors (Lipinski definition) is 3. The molecule has 0 unspecified atom stereocenters. The molecule has 0 bridgehead atoms. The molecule has 3 aromatic rings. The largest absolute Gasteiger partial charge is 0.297 e. The standard InChI is InChI=1S/C18H16O3S/c19-22(20,21-14-13-15-7-2-1-3-8-15)18-12-6-10-16-9-4-5-11-17(16)18/h1-12H,13-14H2. The summed E-state index contributed by atoms with van der Waals surface area (Å²) < 4.78 is 30.0. The third kappa shape index (κ3) is 3.18. The molecule has 3 nitrogen and oxygen atoms in total. The Balaban J connectivity index is 1.80. The van der Waals surface area contributed by atoms with E-state index in [1.807, 2.05) is 54.6 Å². The predicted molar refractivity (Wildman–Crippen MR) is 87.2 cm³/mol. The van der Waals surface area contributed by atoms with E-state index in [9.17, 15) is 8.42 Å². The van der Waals surface area contributed by atoms with Gasteiger partial charge in [0.2, 0.25) is 0 Å². The van der Waals surface area contributed by atoms with Crippen LogP contribution in [0.4, 0.5) is 0 Å². The summed E-state index contributed by atoms with van der Waals surface area (Å²) in [4.78, 5) is 0.221. The molecule has 0 aliphatic rings. The molecule has 0 heterocycles. The van der Waals surface area contributed by atoms with Gasteiger partial charge in [-0.15, -0.1) is 0 Å². The highest BCUT2D eigenvalue weighted by Crippen LogP contribution is 2.24. The van der Waals surface area contributed by atoms with Gasteiger partial charge in [-0.25, -0.2) is 0 Å².